The maximum atomic E-state index is 14.2. The lowest BCUT2D eigenvalue weighted by molar-refractivity contribution is 0.282. The van der Waals surface area contributed by atoms with E-state index >= 15 is 0 Å². The summed E-state index contributed by atoms with van der Waals surface area (Å²) in [5.74, 6) is 0.576. The Morgan fingerprint density at radius 1 is 1.12 bits per heavy atom. The molecule has 0 unspecified atom stereocenters. The average Bonchev–Trinajstić information content (AvgIpc) is 3.39. The molecule has 162 valence electrons. The predicted octanol–water partition coefficient (Wildman–Crippen LogP) is 5.74. The van der Waals surface area contributed by atoms with Crippen molar-refractivity contribution in [3.05, 3.63) is 77.0 Å². The summed E-state index contributed by atoms with van der Waals surface area (Å²) in [5.41, 5.74) is 6.58. The van der Waals surface area contributed by atoms with Gasteiger partial charge in [-0.15, -0.1) is 11.3 Å². The Hall–Kier alpha value is -3.29. The van der Waals surface area contributed by atoms with Crippen LogP contribution in [-0.4, -0.2) is 26.6 Å². The summed E-state index contributed by atoms with van der Waals surface area (Å²) in [4.78, 5) is 13.2. The van der Waals surface area contributed by atoms with Gasteiger partial charge in [-0.05, 0) is 60.7 Å². The zero-order valence-electron chi connectivity index (χ0n) is 17.9. The number of aryl methyl sites for hydroxylation is 2. The third-order valence-electron chi connectivity index (χ3n) is 5.80. The minimum atomic E-state index is -0.221. The van der Waals surface area contributed by atoms with Crippen molar-refractivity contribution in [2.45, 2.75) is 26.9 Å². The second kappa shape index (κ2) is 8.33. The van der Waals surface area contributed by atoms with E-state index in [9.17, 15) is 9.50 Å². The normalized spacial score (nSPS) is 11.5. The number of aromatic nitrogens is 3. The highest BCUT2D eigenvalue weighted by atomic mass is 32.1. The molecular formula is C25H23FN4OS. The van der Waals surface area contributed by atoms with E-state index in [2.05, 4.69) is 26.3 Å². The first-order valence-corrected chi connectivity index (χ1v) is 11.3. The van der Waals surface area contributed by atoms with Crippen LogP contribution < -0.4 is 5.32 Å². The van der Waals surface area contributed by atoms with E-state index in [-0.39, 0.29) is 12.4 Å². The Labute approximate surface area is 189 Å². The van der Waals surface area contributed by atoms with Gasteiger partial charge in [0.2, 0.25) is 0 Å². The first kappa shape index (κ1) is 20.6. The number of nitrogens with one attached hydrogen (secondary N) is 2. The minimum absolute atomic E-state index is 0.0158. The average molecular weight is 447 g/mol. The van der Waals surface area contributed by atoms with Crippen molar-refractivity contribution < 1.29 is 9.50 Å². The van der Waals surface area contributed by atoms with Crippen LogP contribution >= 0.6 is 11.3 Å². The van der Waals surface area contributed by atoms with Crippen molar-refractivity contribution in [3.63, 3.8) is 0 Å². The van der Waals surface area contributed by atoms with Gasteiger partial charge < -0.3 is 15.4 Å². The fourth-order valence-electron chi connectivity index (χ4n) is 4.21. The number of anilines is 1. The van der Waals surface area contributed by atoms with E-state index in [1.165, 1.54) is 6.07 Å². The van der Waals surface area contributed by atoms with Crippen LogP contribution in [0.1, 0.15) is 22.4 Å². The zero-order valence-corrected chi connectivity index (χ0v) is 18.7. The molecule has 3 N–H and O–H groups in total. The van der Waals surface area contributed by atoms with Crippen LogP contribution in [0.5, 0.6) is 0 Å². The summed E-state index contributed by atoms with van der Waals surface area (Å²) in [6.45, 7) is 4.69. The molecule has 0 aliphatic carbocycles. The second-order valence-corrected chi connectivity index (χ2v) is 8.98. The van der Waals surface area contributed by atoms with Gasteiger partial charge in [-0.2, -0.15) is 0 Å². The van der Waals surface area contributed by atoms with Crippen molar-refractivity contribution in [1.82, 2.24) is 15.0 Å². The molecule has 0 bridgehead atoms. The molecule has 7 heteroatoms. The van der Waals surface area contributed by atoms with Crippen molar-refractivity contribution in [3.8, 4) is 10.4 Å². The first-order valence-electron chi connectivity index (χ1n) is 10.5. The van der Waals surface area contributed by atoms with Crippen molar-refractivity contribution in [2.24, 2.45) is 0 Å². The molecule has 0 atom stereocenters. The molecule has 3 heterocycles. The van der Waals surface area contributed by atoms with Crippen LogP contribution in [0.25, 0.3) is 31.6 Å². The quantitative estimate of drug-likeness (QED) is 0.311. The maximum Gasteiger partial charge on any atom is 0.147 e. The second-order valence-electron chi connectivity index (χ2n) is 7.93. The zero-order chi connectivity index (χ0) is 22.2. The highest BCUT2D eigenvalue weighted by Crippen LogP contribution is 2.36. The molecule has 0 saturated heterocycles. The van der Waals surface area contributed by atoms with Crippen molar-refractivity contribution in [2.75, 3.05) is 11.9 Å². The van der Waals surface area contributed by atoms with Gasteiger partial charge in [0.25, 0.3) is 0 Å². The molecule has 5 rings (SSSR count). The number of hydrogen-bond acceptors (Lipinski definition) is 5. The Bertz CT molecular complexity index is 1440. The Morgan fingerprint density at radius 3 is 2.84 bits per heavy atom. The fraction of sp³-hybridized carbons (Fsp3) is 0.200. The molecule has 0 amide bonds. The van der Waals surface area contributed by atoms with Crippen LogP contribution in [0.2, 0.25) is 0 Å². The van der Waals surface area contributed by atoms with Crippen LogP contribution in [0, 0.1) is 19.7 Å². The number of fused-ring (bicyclic) bond motifs is 2. The molecule has 3 aromatic heterocycles. The summed E-state index contributed by atoms with van der Waals surface area (Å²) in [5, 5.41) is 13.9. The Balaban J connectivity index is 1.41. The largest absolute Gasteiger partial charge is 0.392 e. The standard InChI is InChI=1S/C25H23FN4OS/c1-14-6-7-19(26)23-22(14)18(15(2)30-23)8-9-27-25-24-20(28-13-29-25)11-21(32-24)17-5-3-4-16(10-17)12-31/h3-7,10-11,13,30-31H,8-9,12H2,1-2H3,(H,27,28,29). The topological polar surface area (TPSA) is 73.8 Å². The fourth-order valence-corrected chi connectivity index (χ4v) is 5.28. The lowest BCUT2D eigenvalue weighted by atomic mass is 10.0. The number of rotatable bonds is 6. The van der Waals surface area contributed by atoms with Gasteiger partial charge in [0.05, 0.1) is 22.3 Å². The highest BCUT2D eigenvalue weighted by molar-refractivity contribution is 7.22. The number of thiophene rings is 1. The van der Waals surface area contributed by atoms with E-state index in [0.717, 1.165) is 60.7 Å². The van der Waals surface area contributed by atoms with Crippen molar-refractivity contribution >= 4 is 38.3 Å². The summed E-state index contributed by atoms with van der Waals surface area (Å²) in [7, 11) is 0. The van der Waals surface area contributed by atoms with E-state index < -0.39 is 0 Å². The molecule has 5 nitrogen and oxygen atoms in total. The van der Waals surface area contributed by atoms with Crippen LogP contribution in [-0.2, 0) is 13.0 Å². The van der Waals surface area contributed by atoms with Gasteiger partial charge in [-0.1, -0.05) is 24.3 Å². The van der Waals surface area contributed by atoms with Gasteiger partial charge in [0.1, 0.15) is 18.0 Å². The van der Waals surface area contributed by atoms with Crippen LogP contribution in [0.3, 0.4) is 0 Å². The molecule has 2 aromatic carbocycles. The maximum absolute atomic E-state index is 14.2. The van der Waals surface area contributed by atoms with Gasteiger partial charge in [-0.3, -0.25) is 0 Å². The molecule has 0 saturated carbocycles. The predicted molar refractivity (Wildman–Crippen MR) is 129 cm³/mol. The lowest BCUT2D eigenvalue weighted by Gasteiger charge is -2.08. The third-order valence-corrected chi connectivity index (χ3v) is 6.98. The number of H-pyrrole nitrogens is 1. The summed E-state index contributed by atoms with van der Waals surface area (Å²) >= 11 is 1.63. The molecule has 32 heavy (non-hydrogen) atoms. The molecule has 0 aliphatic heterocycles. The summed E-state index contributed by atoms with van der Waals surface area (Å²) in [6, 6.07) is 13.3. The number of nitrogens with zero attached hydrogens (tertiary/aromatic N) is 2. The van der Waals surface area contributed by atoms with E-state index in [0.29, 0.717) is 12.1 Å². The van der Waals surface area contributed by atoms with Gasteiger partial charge in [0.15, 0.2) is 0 Å². The summed E-state index contributed by atoms with van der Waals surface area (Å²) < 4.78 is 15.2. The molecule has 0 radical (unpaired) electrons. The number of hydrogen-bond donors (Lipinski definition) is 3. The van der Waals surface area contributed by atoms with Gasteiger partial charge in [-0.25, -0.2) is 14.4 Å². The number of halogens is 1. The number of benzene rings is 2. The Kier molecular flexibility index (Phi) is 5.36. The molecular weight excluding hydrogens is 423 g/mol. The Morgan fingerprint density at radius 2 is 2.00 bits per heavy atom. The lowest BCUT2D eigenvalue weighted by Crippen LogP contribution is -2.07. The van der Waals surface area contributed by atoms with E-state index in [4.69, 9.17) is 0 Å². The first-order chi connectivity index (χ1) is 15.5. The van der Waals surface area contributed by atoms with Gasteiger partial charge >= 0.3 is 0 Å². The number of aliphatic hydroxyl groups excluding tert-OH is 1. The smallest absolute Gasteiger partial charge is 0.147 e. The van der Waals surface area contributed by atoms with E-state index in [1.807, 2.05) is 44.2 Å². The third kappa shape index (κ3) is 3.63. The van der Waals surface area contributed by atoms with E-state index in [1.54, 1.807) is 17.7 Å². The van der Waals surface area contributed by atoms with Crippen LogP contribution in [0.15, 0.2) is 48.8 Å². The molecule has 0 spiro atoms. The minimum Gasteiger partial charge on any atom is -0.392 e. The highest BCUT2D eigenvalue weighted by Gasteiger charge is 2.15. The molecule has 0 fully saturated rings. The SMILES string of the molecule is Cc1[nH]c2c(F)ccc(C)c2c1CCNc1ncnc2cc(-c3cccc(CO)c3)sc12. The number of aromatic amines is 1. The molecule has 5 aromatic rings. The van der Waals surface area contributed by atoms with Crippen LogP contribution in [0.4, 0.5) is 10.2 Å². The van der Waals surface area contributed by atoms with Gasteiger partial charge in [0, 0.05) is 22.5 Å². The van der Waals surface area contributed by atoms with Crippen molar-refractivity contribution in [1.29, 1.82) is 0 Å². The number of aliphatic hydroxyl groups is 1. The molecule has 0 aliphatic rings. The summed E-state index contributed by atoms with van der Waals surface area (Å²) in [6.07, 6.45) is 2.32. The monoisotopic (exact) mass is 446 g/mol.